The Hall–Kier alpha value is -0.660. The summed E-state index contributed by atoms with van der Waals surface area (Å²) in [5.74, 6) is 5.46. The number of ether oxygens (including phenoxy) is 1. The Kier molecular flexibility index (Phi) is 14.9. The maximum atomic E-state index is 11.7. The van der Waals surface area contributed by atoms with Gasteiger partial charge in [-0.1, -0.05) is 27.8 Å². The van der Waals surface area contributed by atoms with Gasteiger partial charge in [0.25, 0.3) is 0 Å². The van der Waals surface area contributed by atoms with Crippen molar-refractivity contribution in [3.63, 3.8) is 0 Å². The lowest BCUT2D eigenvalue weighted by molar-refractivity contribution is 0.123. The monoisotopic (exact) mass is 542 g/mol. The molecule has 2 fully saturated rings. The lowest BCUT2D eigenvalue weighted by Gasteiger charge is -2.37. The van der Waals surface area contributed by atoms with E-state index in [1.54, 1.807) is 13.8 Å². The molecule has 2 rings (SSSR count). The van der Waals surface area contributed by atoms with E-state index < -0.39 is 24.4 Å². The van der Waals surface area contributed by atoms with E-state index >= 15 is 0 Å². The van der Waals surface area contributed by atoms with E-state index in [-0.39, 0.29) is 23.9 Å². The van der Waals surface area contributed by atoms with Gasteiger partial charge in [-0.15, -0.1) is 12.8 Å². The van der Waals surface area contributed by atoms with Gasteiger partial charge < -0.3 is 9.84 Å². The average molecular weight is 544 g/mol. The number of rotatable bonds is 6. The van der Waals surface area contributed by atoms with E-state index in [0.29, 0.717) is 51.3 Å². The number of sulfone groups is 2. The van der Waals surface area contributed by atoms with Crippen molar-refractivity contribution in [3.05, 3.63) is 0 Å². The molecule has 0 aromatic heterocycles. The molecule has 0 unspecified atom stereocenters. The maximum absolute atomic E-state index is 11.7. The van der Waals surface area contributed by atoms with E-state index in [9.17, 15) is 16.8 Å². The van der Waals surface area contributed by atoms with Gasteiger partial charge in [0.1, 0.15) is 6.61 Å². The predicted molar refractivity (Wildman–Crippen MR) is 129 cm³/mol. The van der Waals surface area contributed by atoms with Crippen LogP contribution in [0.5, 0.6) is 0 Å². The molecule has 2 aliphatic heterocycles. The van der Waals surface area contributed by atoms with Gasteiger partial charge in [-0.3, -0.25) is 9.80 Å². The van der Waals surface area contributed by atoms with Crippen LogP contribution in [0.4, 0.5) is 0 Å². The zero-order chi connectivity index (χ0) is 24.0. The molecule has 180 valence electrons. The largest absolute Gasteiger partial charge is 0.395 e. The van der Waals surface area contributed by atoms with Gasteiger partial charge in [0.15, 0.2) is 19.7 Å². The lowest BCUT2D eigenvalue weighted by atomic mass is 10.2. The maximum Gasteiger partial charge on any atom is 0.157 e. The molecule has 0 aliphatic carbocycles. The Morgan fingerprint density at radius 1 is 1.00 bits per heavy atom. The summed E-state index contributed by atoms with van der Waals surface area (Å²) in [5, 5.41) is 9.22. The summed E-state index contributed by atoms with van der Waals surface area (Å²) in [5.41, 5.74) is 0. The number of aliphatic hydroxyl groups excluding tert-OH is 1. The average Bonchev–Trinajstić information content (AvgIpc) is 2.70. The number of hydrogen-bond acceptors (Lipinski definition) is 8. The highest BCUT2D eigenvalue weighted by Gasteiger charge is 2.39. The lowest BCUT2D eigenvalue weighted by Crippen LogP contribution is -2.53. The first-order valence-electron chi connectivity index (χ1n) is 9.93. The molecule has 0 spiro atoms. The zero-order valence-corrected chi connectivity index (χ0v) is 21.6. The third-order valence-corrected chi connectivity index (χ3v) is 9.26. The zero-order valence-electron chi connectivity index (χ0n) is 18.4. The minimum Gasteiger partial charge on any atom is -0.395 e. The summed E-state index contributed by atoms with van der Waals surface area (Å²) in [4.78, 5) is 4.07. The van der Waals surface area contributed by atoms with Crippen molar-refractivity contribution in [2.24, 2.45) is 0 Å². The van der Waals surface area contributed by atoms with Crippen LogP contribution in [-0.2, 0) is 24.4 Å². The molecule has 0 saturated carbocycles. The molecule has 8 nitrogen and oxygen atoms in total. The smallest absolute Gasteiger partial charge is 0.157 e. The summed E-state index contributed by atoms with van der Waals surface area (Å²) >= 11 is 3.01. The van der Waals surface area contributed by atoms with E-state index in [0.717, 1.165) is 6.54 Å². The van der Waals surface area contributed by atoms with Crippen molar-refractivity contribution < 1.29 is 26.7 Å². The molecule has 2 saturated heterocycles. The van der Waals surface area contributed by atoms with Gasteiger partial charge in [-0.05, 0) is 13.8 Å². The summed E-state index contributed by atoms with van der Waals surface area (Å²) in [7, 11) is -5.70. The molecular weight excluding hydrogens is 508 g/mol. The molecule has 1 N–H and O–H groups in total. The van der Waals surface area contributed by atoms with Crippen LogP contribution in [0.3, 0.4) is 0 Å². The molecule has 31 heavy (non-hydrogen) atoms. The van der Waals surface area contributed by atoms with Gasteiger partial charge in [-0.2, -0.15) is 0 Å². The quantitative estimate of drug-likeness (QED) is 0.281. The molecule has 0 amide bonds. The van der Waals surface area contributed by atoms with Gasteiger partial charge in [0, 0.05) is 39.3 Å². The molecule has 2 heterocycles. The highest BCUT2D eigenvalue weighted by molar-refractivity contribution is 9.09. The minimum absolute atomic E-state index is 0.111. The summed E-state index contributed by atoms with van der Waals surface area (Å²) in [6.45, 7) is 8.16. The standard InChI is InChI=1S/C11H19NO3S.C6H13NO3S.C3H3Br/c1-4-7-15-8-5-12-6-9-16(13,14)11(2,3)10-12;8-4-1-7-2-5-11(9,10)6-3-7;1-2-3-4/h1H,5-10H2,2-3H3;8H,1-6H2;1H,3H2. The normalized spacial score (nSPS) is 21.9. The van der Waals surface area contributed by atoms with Crippen LogP contribution >= 0.6 is 15.9 Å². The number of halogens is 1. The molecular formula is C20H35BrN2O6S2. The van der Waals surface area contributed by atoms with Crippen LogP contribution in [0.15, 0.2) is 0 Å². The predicted octanol–water partition coefficient (Wildman–Crippen LogP) is -0.131. The summed E-state index contributed by atoms with van der Waals surface area (Å²) < 4.78 is 49.8. The van der Waals surface area contributed by atoms with Crippen molar-refractivity contribution in [1.82, 2.24) is 9.80 Å². The second kappa shape index (κ2) is 15.2. The summed E-state index contributed by atoms with van der Waals surface area (Å²) in [6.07, 6.45) is 9.79. The molecule has 0 aromatic rings. The fraction of sp³-hybridized carbons (Fsp3) is 0.800. The van der Waals surface area contributed by atoms with Crippen molar-refractivity contribution in [2.45, 2.75) is 18.6 Å². The van der Waals surface area contributed by atoms with Crippen molar-refractivity contribution >= 4 is 35.6 Å². The number of terminal acetylenes is 2. The van der Waals surface area contributed by atoms with Crippen LogP contribution in [0.25, 0.3) is 0 Å². The van der Waals surface area contributed by atoms with E-state index in [2.05, 4.69) is 32.7 Å². The first-order chi connectivity index (χ1) is 14.4. The van der Waals surface area contributed by atoms with Gasteiger partial charge in [-0.25, -0.2) is 16.8 Å². The van der Waals surface area contributed by atoms with Gasteiger partial charge in [0.05, 0.1) is 40.5 Å². The molecule has 0 radical (unpaired) electrons. The Bertz CT molecular complexity index is 787. The highest BCUT2D eigenvalue weighted by atomic mass is 79.9. The molecule has 0 atom stereocenters. The Morgan fingerprint density at radius 3 is 2.00 bits per heavy atom. The second-order valence-electron chi connectivity index (χ2n) is 7.67. The fourth-order valence-electron chi connectivity index (χ4n) is 2.87. The first-order valence-corrected chi connectivity index (χ1v) is 14.5. The molecule has 11 heteroatoms. The van der Waals surface area contributed by atoms with Gasteiger partial charge >= 0.3 is 0 Å². The van der Waals surface area contributed by atoms with Gasteiger partial charge in [0.2, 0.25) is 0 Å². The number of nitrogens with zero attached hydrogens (tertiary/aromatic N) is 2. The molecule has 0 bridgehead atoms. The van der Waals surface area contributed by atoms with Crippen LogP contribution in [0.1, 0.15) is 13.8 Å². The molecule has 2 aliphatic rings. The Morgan fingerprint density at radius 2 is 1.55 bits per heavy atom. The van der Waals surface area contributed by atoms with Crippen LogP contribution in [0.2, 0.25) is 0 Å². The van der Waals surface area contributed by atoms with E-state index in [4.69, 9.17) is 22.7 Å². The first kappa shape index (κ1) is 30.3. The number of aliphatic hydroxyl groups is 1. The topological polar surface area (TPSA) is 104 Å². The second-order valence-corrected chi connectivity index (χ2v) is 13.3. The Balaban J connectivity index is 0.000000518. The van der Waals surface area contributed by atoms with E-state index in [1.807, 2.05) is 4.90 Å². The van der Waals surface area contributed by atoms with Crippen molar-refractivity contribution in [1.29, 1.82) is 0 Å². The SMILES string of the molecule is C#CCBr.C#CCOCCN1CCS(=O)(=O)C(C)(C)C1.O=S1(=O)CCN(CCO)CC1. The van der Waals surface area contributed by atoms with Crippen molar-refractivity contribution in [2.75, 3.05) is 81.7 Å². The Labute approximate surface area is 196 Å². The number of β-amino-alcohol motifs (C(OH)–C–C–N with tert-alkyl or cyclic N) is 1. The number of hydrogen-bond donors (Lipinski definition) is 1. The van der Waals surface area contributed by atoms with Crippen LogP contribution in [0, 0.1) is 24.7 Å². The summed E-state index contributed by atoms with van der Waals surface area (Å²) in [6, 6.07) is 0. The highest BCUT2D eigenvalue weighted by Crippen LogP contribution is 2.23. The fourth-order valence-corrected chi connectivity index (χ4v) is 5.58. The van der Waals surface area contributed by atoms with Crippen LogP contribution < -0.4 is 0 Å². The minimum atomic E-state index is -2.94. The third kappa shape index (κ3) is 12.8. The number of alkyl halides is 1. The molecule has 0 aromatic carbocycles. The van der Waals surface area contributed by atoms with Crippen LogP contribution in [-0.4, -0.2) is 118 Å². The third-order valence-electron chi connectivity index (χ3n) is 4.79. The van der Waals surface area contributed by atoms with Crippen molar-refractivity contribution in [3.8, 4) is 24.7 Å². The van der Waals surface area contributed by atoms with E-state index in [1.165, 1.54) is 0 Å².